The lowest BCUT2D eigenvalue weighted by Gasteiger charge is -2.33. The highest BCUT2D eigenvalue weighted by Crippen LogP contribution is 2.25. The van der Waals surface area contributed by atoms with Crippen molar-refractivity contribution in [3.63, 3.8) is 0 Å². The van der Waals surface area contributed by atoms with Crippen LogP contribution in [0.5, 0.6) is 0 Å². The highest BCUT2D eigenvalue weighted by molar-refractivity contribution is 5.97. The second-order valence-corrected chi connectivity index (χ2v) is 11.6. The minimum atomic E-state index is -1.68. The molecule has 16 nitrogen and oxygen atoms in total. The summed E-state index contributed by atoms with van der Waals surface area (Å²) in [6.45, 7) is 11.1. The van der Waals surface area contributed by atoms with Crippen LogP contribution in [0.15, 0.2) is 0 Å². The SMILES string of the molecule is CC(=O)N[C@H](C(=O)N[C@@H](CC(=O)[O-])C(=O)N[C@H](C(=O)N1CC[C@H](OC(C)C)[C@H]1C(=O)N[C@H](C=O)CC(=O)[O-])C(C)C)C(C)C. The van der Waals surface area contributed by atoms with Crippen LogP contribution in [-0.4, -0.2) is 102 Å². The van der Waals surface area contributed by atoms with Gasteiger partial charge < -0.3 is 55.5 Å². The molecule has 5 amide bonds. The Balaban J connectivity index is 3.30. The maximum atomic E-state index is 13.8. The van der Waals surface area contributed by atoms with E-state index in [-0.39, 0.29) is 25.4 Å². The van der Waals surface area contributed by atoms with Gasteiger partial charge in [0.25, 0.3) is 0 Å². The van der Waals surface area contributed by atoms with E-state index in [1.54, 1.807) is 41.5 Å². The molecule has 0 radical (unpaired) electrons. The van der Waals surface area contributed by atoms with Gasteiger partial charge >= 0.3 is 0 Å². The Morgan fingerprint density at radius 2 is 1.39 bits per heavy atom. The number of hydrogen-bond donors (Lipinski definition) is 4. The lowest BCUT2D eigenvalue weighted by atomic mass is 10.00. The molecule has 16 heteroatoms. The molecule has 1 aliphatic heterocycles. The highest BCUT2D eigenvalue weighted by atomic mass is 16.5. The van der Waals surface area contributed by atoms with Gasteiger partial charge in [-0.2, -0.15) is 0 Å². The van der Waals surface area contributed by atoms with Gasteiger partial charge in [0.15, 0.2) is 0 Å². The monoisotopic (exact) mass is 625 g/mol. The molecule has 1 rings (SSSR count). The molecule has 0 unspecified atom stereocenters. The lowest BCUT2D eigenvalue weighted by Crippen LogP contribution is -2.61. The maximum Gasteiger partial charge on any atom is 0.246 e. The van der Waals surface area contributed by atoms with E-state index >= 15 is 0 Å². The van der Waals surface area contributed by atoms with Gasteiger partial charge in [0.1, 0.15) is 30.5 Å². The summed E-state index contributed by atoms with van der Waals surface area (Å²) in [4.78, 5) is 99.8. The van der Waals surface area contributed by atoms with Crippen molar-refractivity contribution in [3.05, 3.63) is 0 Å². The number of nitrogens with zero attached hydrogens (tertiary/aromatic N) is 1. The molecule has 248 valence electrons. The zero-order valence-electron chi connectivity index (χ0n) is 26.0. The molecule has 0 aliphatic carbocycles. The number of nitrogens with one attached hydrogen (secondary N) is 4. The molecular weight excluding hydrogens is 582 g/mol. The Bertz CT molecular complexity index is 1090. The zero-order chi connectivity index (χ0) is 33.9. The number of amides is 5. The smallest absolute Gasteiger partial charge is 0.246 e. The van der Waals surface area contributed by atoms with E-state index in [0.717, 1.165) is 4.90 Å². The maximum absolute atomic E-state index is 13.8. The molecule has 0 aromatic heterocycles. The van der Waals surface area contributed by atoms with Crippen molar-refractivity contribution >= 4 is 47.8 Å². The normalized spacial score (nSPS) is 19.1. The summed E-state index contributed by atoms with van der Waals surface area (Å²) < 4.78 is 5.83. The van der Waals surface area contributed by atoms with Crippen LogP contribution in [0.4, 0.5) is 0 Å². The average molecular weight is 626 g/mol. The Kier molecular flexibility index (Phi) is 14.9. The summed E-state index contributed by atoms with van der Waals surface area (Å²) in [5, 5.41) is 31.9. The van der Waals surface area contributed by atoms with E-state index < -0.39 is 102 Å². The number of carbonyl (C=O) groups excluding carboxylic acids is 8. The topological polar surface area (TPSA) is 243 Å². The first-order valence-electron chi connectivity index (χ1n) is 14.4. The van der Waals surface area contributed by atoms with Crippen LogP contribution in [0, 0.1) is 11.8 Å². The molecule has 0 saturated carbocycles. The van der Waals surface area contributed by atoms with E-state index in [1.165, 1.54) is 6.92 Å². The van der Waals surface area contributed by atoms with E-state index in [9.17, 15) is 48.6 Å². The number of ether oxygens (including phenoxy) is 1. The number of carboxylic acids is 2. The molecule has 44 heavy (non-hydrogen) atoms. The predicted molar refractivity (Wildman–Crippen MR) is 149 cm³/mol. The second-order valence-electron chi connectivity index (χ2n) is 11.6. The Hall–Kier alpha value is -4.08. The van der Waals surface area contributed by atoms with E-state index in [0.29, 0.717) is 0 Å². The molecule has 4 N–H and O–H groups in total. The fourth-order valence-corrected chi connectivity index (χ4v) is 4.73. The van der Waals surface area contributed by atoms with Gasteiger partial charge in [0.2, 0.25) is 29.5 Å². The lowest BCUT2D eigenvalue weighted by molar-refractivity contribution is -0.307. The third-order valence-corrected chi connectivity index (χ3v) is 6.76. The summed E-state index contributed by atoms with van der Waals surface area (Å²) in [7, 11) is 0. The Morgan fingerprint density at radius 1 is 0.818 bits per heavy atom. The summed E-state index contributed by atoms with van der Waals surface area (Å²) in [6.07, 6.45) is -2.49. The molecule has 0 spiro atoms. The van der Waals surface area contributed by atoms with Crippen molar-refractivity contribution in [2.75, 3.05) is 6.54 Å². The van der Waals surface area contributed by atoms with Gasteiger partial charge in [-0.15, -0.1) is 0 Å². The number of aldehydes is 1. The second kappa shape index (κ2) is 17.3. The van der Waals surface area contributed by atoms with Crippen LogP contribution in [0.1, 0.15) is 67.7 Å². The van der Waals surface area contributed by atoms with Crippen molar-refractivity contribution in [1.29, 1.82) is 0 Å². The van der Waals surface area contributed by atoms with E-state index in [4.69, 9.17) is 4.74 Å². The quantitative estimate of drug-likeness (QED) is 0.114. The predicted octanol–water partition coefficient (Wildman–Crippen LogP) is -3.87. The summed E-state index contributed by atoms with van der Waals surface area (Å²) in [5.41, 5.74) is 0. The van der Waals surface area contributed by atoms with Gasteiger partial charge in [0, 0.05) is 38.2 Å². The number of aliphatic carboxylic acids is 2. The molecule has 6 atom stereocenters. The number of rotatable bonds is 17. The van der Waals surface area contributed by atoms with Crippen LogP contribution in [0.2, 0.25) is 0 Å². The van der Waals surface area contributed by atoms with Crippen molar-refractivity contribution < 1.29 is 53.3 Å². The molecular formula is C28H43N5O11-2. The highest BCUT2D eigenvalue weighted by Gasteiger charge is 2.46. The van der Waals surface area contributed by atoms with Crippen molar-refractivity contribution in [2.45, 2.75) is 110 Å². The summed E-state index contributed by atoms with van der Waals surface area (Å²) in [6, 6.07) is -6.79. The van der Waals surface area contributed by atoms with Crippen LogP contribution < -0.4 is 31.5 Å². The largest absolute Gasteiger partial charge is 0.550 e. The minimum Gasteiger partial charge on any atom is -0.550 e. The third kappa shape index (κ3) is 11.5. The van der Waals surface area contributed by atoms with Crippen molar-refractivity contribution in [3.8, 4) is 0 Å². The number of carbonyl (C=O) groups is 8. The molecule has 0 bridgehead atoms. The van der Waals surface area contributed by atoms with Gasteiger partial charge in [-0.25, -0.2) is 0 Å². The van der Waals surface area contributed by atoms with Crippen molar-refractivity contribution in [1.82, 2.24) is 26.2 Å². The first kappa shape index (κ1) is 37.9. The molecule has 1 fully saturated rings. The van der Waals surface area contributed by atoms with E-state index in [1.807, 2.05) is 0 Å². The average Bonchev–Trinajstić information content (AvgIpc) is 3.30. The number of carboxylic acid groups (broad SMARTS) is 2. The zero-order valence-corrected chi connectivity index (χ0v) is 26.0. The van der Waals surface area contributed by atoms with Crippen LogP contribution in [-0.2, 0) is 43.1 Å². The minimum absolute atomic E-state index is 0.00559. The molecule has 0 aromatic carbocycles. The van der Waals surface area contributed by atoms with Crippen LogP contribution in [0.25, 0.3) is 0 Å². The fraction of sp³-hybridized carbons (Fsp3) is 0.714. The fourth-order valence-electron chi connectivity index (χ4n) is 4.73. The molecule has 1 saturated heterocycles. The Morgan fingerprint density at radius 3 is 1.84 bits per heavy atom. The van der Waals surface area contributed by atoms with Gasteiger partial charge in [-0.1, -0.05) is 27.7 Å². The van der Waals surface area contributed by atoms with Crippen molar-refractivity contribution in [2.24, 2.45) is 11.8 Å². The first-order chi connectivity index (χ1) is 20.4. The van der Waals surface area contributed by atoms with Crippen LogP contribution >= 0.6 is 0 Å². The Labute approximate surface area is 256 Å². The number of hydrogen-bond acceptors (Lipinski definition) is 11. The van der Waals surface area contributed by atoms with E-state index in [2.05, 4.69) is 21.3 Å². The molecule has 1 heterocycles. The molecule has 0 aromatic rings. The van der Waals surface area contributed by atoms with Crippen LogP contribution in [0.3, 0.4) is 0 Å². The first-order valence-corrected chi connectivity index (χ1v) is 14.4. The third-order valence-electron chi connectivity index (χ3n) is 6.76. The summed E-state index contributed by atoms with van der Waals surface area (Å²) in [5.74, 6) is -8.20. The summed E-state index contributed by atoms with van der Waals surface area (Å²) >= 11 is 0. The van der Waals surface area contributed by atoms with Gasteiger partial charge in [-0.3, -0.25) is 24.0 Å². The van der Waals surface area contributed by atoms with Gasteiger partial charge in [0.05, 0.1) is 18.2 Å². The van der Waals surface area contributed by atoms with Gasteiger partial charge in [-0.05, 0) is 32.1 Å². The standard InChI is InChI=1S/C28H45N5O11/c1-13(2)22(29-16(7)35)26(41)31-18(11-21(38)39)25(40)32-23(14(3)4)28(43)33-9-8-19(44-15(5)6)24(33)27(42)30-17(12-34)10-20(36)37/h12-15,17-19,22-24H,8-11H2,1-7H3,(H,29,35)(H,30,42)(H,31,41)(H,32,40)(H,36,37)(H,38,39)/p-2/t17-,18-,19-,22-,23-,24-/m0/s1. The molecule has 1 aliphatic rings. The number of likely N-dealkylation sites (tertiary alicyclic amines) is 1.